The van der Waals surface area contributed by atoms with Gasteiger partial charge in [0.1, 0.15) is 18.1 Å². The van der Waals surface area contributed by atoms with E-state index in [0.717, 1.165) is 29.9 Å². The van der Waals surface area contributed by atoms with Crippen LogP contribution in [0.4, 0.5) is 18.0 Å². The lowest BCUT2D eigenvalue weighted by atomic mass is 10.1. The number of hydrogen-bond acceptors (Lipinski definition) is 4. The number of rotatable bonds is 8. The Bertz CT molecular complexity index is 904. The molecule has 180 valence electrons. The van der Waals surface area contributed by atoms with E-state index in [0.29, 0.717) is 18.8 Å². The summed E-state index contributed by atoms with van der Waals surface area (Å²) in [5, 5.41) is 6.36. The number of carbonyl (C=O) groups is 1. The topological polar surface area (TPSA) is 62.8 Å². The Morgan fingerprint density at radius 2 is 1.73 bits per heavy atom. The maximum atomic E-state index is 12.8. The molecule has 1 fully saturated rings. The zero-order chi connectivity index (χ0) is 24.0. The summed E-state index contributed by atoms with van der Waals surface area (Å²) in [7, 11) is 1.62. The van der Waals surface area contributed by atoms with Gasteiger partial charge in [0.15, 0.2) is 0 Å². The van der Waals surface area contributed by atoms with Crippen molar-refractivity contribution in [2.45, 2.75) is 51.1 Å². The Balaban J connectivity index is 1.70. The van der Waals surface area contributed by atoms with Crippen molar-refractivity contribution in [1.29, 1.82) is 0 Å². The fourth-order valence-electron chi connectivity index (χ4n) is 4.08. The minimum Gasteiger partial charge on any atom is -0.497 e. The normalized spacial score (nSPS) is 20.5. The van der Waals surface area contributed by atoms with Crippen LogP contribution in [0.15, 0.2) is 48.5 Å². The molecule has 1 saturated heterocycles. The minimum atomic E-state index is -4.40. The number of carbonyl (C=O) groups excluding carboxylic acids is 1. The lowest BCUT2D eigenvalue weighted by Gasteiger charge is -2.30. The molecule has 1 heterocycles. The molecule has 2 N–H and O–H groups in total. The third kappa shape index (κ3) is 6.31. The van der Waals surface area contributed by atoms with Gasteiger partial charge in [0.2, 0.25) is 0 Å². The third-order valence-corrected chi connectivity index (χ3v) is 5.78. The van der Waals surface area contributed by atoms with Crippen LogP contribution in [0.25, 0.3) is 0 Å². The molecule has 0 saturated carbocycles. The van der Waals surface area contributed by atoms with Gasteiger partial charge in [-0.25, -0.2) is 4.79 Å². The van der Waals surface area contributed by atoms with Crippen LogP contribution < -0.4 is 20.1 Å². The fraction of sp³-hybridized carbons (Fsp3) is 0.458. The van der Waals surface area contributed by atoms with Gasteiger partial charge in [-0.15, -0.1) is 0 Å². The van der Waals surface area contributed by atoms with Gasteiger partial charge >= 0.3 is 12.2 Å². The van der Waals surface area contributed by atoms with Crippen molar-refractivity contribution in [3.05, 3.63) is 59.7 Å². The van der Waals surface area contributed by atoms with E-state index in [1.54, 1.807) is 12.0 Å². The predicted molar refractivity (Wildman–Crippen MR) is 119 cm³/mol. The molecule has 0 radical (unpaired) electrons. The second-order valence-electron chi connectivity index (χ2n) is 8.06. The Kier molecular flexibility index (Phi) is 8.07. The largest absolute Gasteiger partial charge is 0.497 e. The van der Waals surface area contributed by atoms with Crippen molar-refractivity contribution >= 4 is 6.03 Å². The van der Waals surface area contributed by atoms with Gasteiger partial charge in [0.25, 0.3) is 0 Å². The maximum absolute atomic E-state index is 12.8. The smallest absolute Gasteiger partial charge is 0.416 e. The minimum absolute atomic E-state index is 0.0221. The monoisotopic (exact) mass is 465 g/mol. The van der Waals surface area contributed by atoms with Crippen LogP contribution in [0.3, 0.4) is 0 Å². The van der Waals surface area contributed by atoms with Crippen LogP contribution in [0.2, 0.25) is 0 Å². The molecule has 0 spiro atoms. The highest BCUT2D eigenvalue weighted by atomic mass is 19.4. The molecule has 9 heteroatoms. The predicted octanol–water partition coefficient (Wildman–Crippen LogP) is 4.44. The average Bonchev–Trinajstić information content (AvgIpc) is 3.11. The van der Waals surface area contributed by atoms with E-state index >= 15 is 0 Å². The summed E-state index contributed by atoms with van der Waals surface area (Å²) < 4.78 is 49.5. The number of hydrogen-bond donors (Lipinski definition) is 2. The lowest BCUT2D eigenvalue weighted by Crippen LogP contribution is -2.52. The zero-order valence-corrected chi connectivity index (χ0v) is 19.0. The molecule has 1 aliphatic heterocycles. The van der Waals surface area contributed by atoms with Crippen molar-refractivity contribution in [3.8, 4) is 11.5 Å². The van der Waals surface area contributed by atoms with Crippen molar-refractivity contribution in [2.75, 3.05) is 20.3 Å². The van der Waals surface area contributed by atoms with E-state index in [-0.39, 0.29) is 30.8 Å². The summed E-state index contributed by atoms with van der Waals surface area (Å²) in [5.41, 5.74) is 0.342. The Labute approximate surface area is 192 Å². The van der Waals surface area contributed by atoms with Crippen LogP contribution in [0, 0.1) is 0 Å². The first-order valence-corrected chi connectivity index (χ1v) is 11.0. The Morgan fingerprint density at radius 1 is 1.09 bits per heavy atom. The first-order chi connectivity index (χ1) is 15.7. The van der Waals surface area contributed by atoms with Crippen molar-refractivity contribution in [1.82, 2.24) is 15.5 Å². The SMILES string of the molecule is CCNC(=O)N1[C@H](C)C[C@H](NCc2ccc(OC)cc2)[C@@H]1COc1ccc(C(F)(F)F)cc1. The summed E-state index contributed by atoms with van der Waals surface area (Å²) in [6.07, 6.45) is -3.67. The number of methoxy groups -OCH3 is 1. The molecule has 1 aliphatic rings. The van der Waals surface area contributed by atoms with Gasteiger partial charge in [0, 0.05) is 25.2 Å². The van der Waals surface area contributed by atoms with Crippen LogP contribution >= 0.6 is 0 Å². The van der Waals surface area contributed by atoms with Crippen LogP contribution in [-0.2, 0) is 12.7 Å². The molecule has 3 atom stereocenters. The highest BCUT2D eigenvalue weighted by Crippen LogP contribution is 2.31. The van der Waals surface area contributed by atoms with E-state index in [2.05, 4.69) is 10.6 Å². The highest BCUT2D eigenvalue weighted by Gasteiger charge is 2.42. The molecule has 0 aliphatic carbocycles. The van der Waals surface area contributed by atoms with Crippen molar-refractivity contribution in [2.24, 2.45) is 0 Å². The number of alkyl halides is 3. The number of amides is 2. The number of nitrogens with one attached hydrogen (secondary N) is 2. The van der Waals surface area contributed by atoms with Crippen molar-refractivity contribution < 1.29 is 27.4 Å². The summed E-state index contributed by atoms with van der Waals surface area (Å²) in [5.74, 6) is 1.10. The average molecular weight is 466 g/mol. The van der Waals surface area contributed by atoms with Gasteiger partial charge < -0.3 is 25.0 Å². The van der Waals surface area contributed by atoms with E-state index in [1.807, 2.05) is 38.1 Å². The summed E-state index contributed by atoms with van der Waals surface area (Å²) in [6.45, 7) is 5.09. The van der Waals surface area contributed by atoms with Gasteiger partial charge in [-0.1, -0.05) is 12.1 Å². The Morgan fingerprint density at radius 3 is 2.30 bits per heavy atom. The summed E-state index contributed by atoms with van der Waals surface area (Å²) in [6, 6.07) is 11.8. The first kappa shape index (κ1) is 24.7. The molecular weight excluding hydrogens is 435 g/mol. The van der Waals surface area contributed by atoms with Crippen LogP contribution in [0.1, 0.15) is 31.4 Å². The van der Waals surface area contributed by atoms with E-state index in [4.69, 9.17) is 9.47 Å². The second-order valence-corrected chi connectivity index (χ2v) is 8.06. The van der Waals surface area contributed by atoms with E-state index in [1.165, 1.54) is 12.1 Å². The first-order valence-electron chi connectivity index (χ1n) is 11.0. The van der Waals surface area contributed by atoms with Gasteiger partial charge in [-0.05, 0) is 62.2 Å². The number of benzene rings is 2. The molecule has 0 aromatic heterocycles. The molecular formula is C24H30F3N3O3. The fourth-order valence-corrected chi connectivity index (χ4v) is 4.08. The van der Waals surface area contributed by atoms with Crippen molar-refractivity contribution in [3.63, 3.8) is 0 Å². The maximum Gasteiger partial charge on any atom is 0.416 e. The van der Waals surface area contributed by atoms with Crippen LogP contribution in [0.5, 0.6) is 11.5 Å². The number of urea groups is 1. The van der Waals surface area contributed by atoms with Gasteiger partial charge in [0.05, 0.1) is 18.7 Å². The molecule has 2 amide bonds. The second kappa shape index (κ2) is 10.8. The van der Waals surface area contributed by atoms with E-state index < -0.39 is 11.7 Å². The lowest BCUT2D eigenvalue weighted by molar-refractivity contribution is -0.137. The number of likely N-dealkylation sites (tertiary alicyclic amines) is 1. The van der Waals surface area contributed by atoms with Crippen LogP contribution in [-0.4, -0.2) is 49.3 Å². The molecule has 2 aromatic carbocycles. The zero-order valence-electron chi connectivity index (χ0n) is 19.0. The number of nitrogens with zero attached hydrogens (tertiary/aromatic N) is 1. The molecule has 0 unspecified atom stereocenters. The number of ether oxygens (including phenoxy) is 2. The third-order valence-electron chi connectivity index (χ3n) is 5.78. The van der Waals surface area contributed by atoms with E-state index in [9.17, 15) is 18.0 Å². The molecule has 0 bridgehead atoms. The van der Waals surface area contributed by atoms with Gasteiger partial charge in [-0.2, -0.15) is 13.2 Å². The summed E-state index contributed by atoms with van der Waals surface area (Å²) in [4.78, 5) is 14.5. The highest BCUT2D eigenvalue weighted by molar-refractivity contribution is 5.75. The molecule has 3 rings (SSSR count). The quantitative estimate of drug-likeness (QED) is 0.605. The number of halogens is 3. The molecule has 33 heavy (non-hydrogen) atoms. The van der Waals surface area contributed by atoms with Gasteiger partial charge in [-0.3, -0.25) is 0 Å². The molecule has 6 nitrogen and oxygen atoms in total. The Hall–Kier alpha value is -2.94. The molecule has 2 aromatic rings. The summed E-state index contributed by atoms with van der Waals surface area (Å²) >= 11 is 0. The standard InChI is InChI=1S/C24H30F3N3O3/c1-4-28-23(31)30-16(2)13-21(29-14-17-5-9-19(32-3)10-6-17)22(30)15-33-20-11-7-18(8-12-20)24(25,26)27/h5-12,16,21-22,29H,4,13-15H2,1-3H3,(H,28,31)/t16-,21+,22+/m1/s1.